The number of benzene rings is 2. The molecule has 0 aliphatic heterocycles. The van der Waals surface area contributed by atoms with Crippen LogP contribution in [0.3, 0.4) is 0 Å². The van der Waals surface area contributed by atoms with E-state index in [9.17, 15) is 13.6 Å². The summed E-state index contributed by atoms with van der Waals surface area (Å²) >= 11 is 12.2. The number of carbonyl (C=O) groups excluding carboxylic acids is 1. The number of nitrogens with one attached hydrogen (secondary N) is 1. The normalized spacial score (nSPS) is 21.9. The van der Waals surface area contributed by atoms with E-state index in [4.69, 9.17) is 23.2 Å². The second kappa shape index (κ2) is 7.05. The van der Waals surface area contributed by atoms with Crippen molar-refractivity contribution in [3.63, 3.8) is 0 Å². The van der Waals surface area contributed by atoms with Crippen LogP contribution in [-0.4, -0.2) is 16.9 Å². The van der Waals surface area contributed by atoms with Crippen LogP contribution < -0.4 is 10.1 Å². The number of carbonyl (C=O) groups is 1. The molecule has 7 heteroatoms. The Kier molecular flexibility index (Phi) is 5.13. The summed E-state index contributed by atoms with van der Waals surface area (Å²) in [5.74, 6) is -0.208. The Labute approximate surface area is 160 Å². The fourth-order valence-corrected chi connectivity index (χ4v) is 3.49. The van der Waals surface area contributed by atoms with Crippen LogP contribution in [0.4, 0.5) is 8.78 Å². The van der Waals surface area contributed by atoms with Crippen LogP contribution in [0.1, 0.15) is 30.5 Å². The summed E-state index contributed by atoms with van der Waals surface area (Å²) in [4.78, 5) is 12.7. The SMILES string of the molecule is CC1(C(=O)NC(c2ccccc2)c2ccc(OC(F)F)cc2)CC1(Cl)Cl. The first-order chi connectivity index (χ1) is 12.2. The van der Waals surface area contributed by atoms with Gasteiger partial charge in [0, 0.05) is 0 Å². The smallest absolute Gasteiger partial charge is 0.387 e. The second-order valence-electron chi connectivity index (χ2n) is 6.48. The van der Waals surface area contributed by atoms with Gasteiger partial charge in [0.15, 0.2) is 0 Å². The van der Waals surface area contributed by atoms with Gasteiger partial charge in [0.25, 0.3) is 0 Å². The Morgan fingerprint density at radius 3 is 2.12 bits per heavy atom. The molecule has 1 fully saturated rings. The molecule has 2 aromatic rings. The van der Waals surface area contributed by atoms with Crippen LogP contribution in [0.2, 0.25) is 0 Å². The predicted octanol–water partition coefficient (Wildman–Crippen LogP) is 5.08. The Hall–Kier alpha value is -1.85. The monoisotopic (exact) mass is 399 g/mol. The van der Waals surface area contributed by atoms with E-state index in [0.717, 1.165) is 11.1 Å². The minimum Gasteiger partial charge on any atom is -0.435 e. The molecule has 26 heavy (non-hydrogen) atoms. The fourth-order valence-electron chi connectivity index (χ4n) is 2.78. The molecule has 0 saturated heterocycles. The van der Waals surface area contributed by atoms with Crippen molar-refractivity contribution in [1.29, 1.82) is 0 Å². The van der Waals surface area contributed by atoms with Crippen molar-refractivity contribution in [3.05, 3.63) is 65.7 Å². The summed E-state index contributed by atoms with van der Waals surface area (Å²) in [6, 6.07) is 15.0. The molecule has 2 unspecified atom stereocenters. The molecule has 0 spiro atoms. The molecule has 1 amide bonds. The standard InChI is InChI=1S/C19H17Cl2F2NO2/c1-18(11-19(18,20)21)16(25)24-15(12-5-3-2-4-6-12)13-7-9-14(10-8-13)26-17(22)23/h2-10,15,17H,11H2,1H3,(H,24,25). The minimum atomic E-state index is -2.89. The predicted molar refractivity (Wildman–Crippen MR) is 96.7 cm³/mol. The van der Waals surface area contributed by atoms with Crippen molar-refractivity contribution >= 4 is 29.1 Å². The lowest BCUT2D eigenvalue weighted by Gasteiger charge is -2.23. The first-order valence-electron chi connectivity index (χ1n) is 8.01. The highest BCUT2D eigenvalue weighted by molar-refractivity contribution is 6.53. The Balaban J connectivity index is 1.86. The number of ether oxygens (including phenoxy) is 1. The highest BCUT2D eigenvalue weighted by atomic mass is 35.5. The molecule has 1 aliphatic carbocycles. The average molecular weight is 400 g/mol. The van der Waals surface area contributed by atoms with Crippen molar-refractivity contribution in [2.75, 3.05) is 0 Å². The van der Waals surface area contributed by atoms with E-state index in [0.29, 0.717) is 6.42 Å². The molecule has 0 bridgehead atoms. The Morgan fingerprint density at radius 2 is 1.62 bits per heavy atom. The molecule has 3 nitrogen and oxygen atoms in total. The lowest BCUT2D eigenvalue weighted by molar-refractivity contribution is -0.126. The third-order valence-electron chi connectivity index (χ3n) is 4.61. The molecule has 0 aromatic heterocycles. The van der Waals surface area contributed by atoms with E-state index < -0.39 is 22.4 Å². The molecular formula is C19H17Cl2F2NO2. The fraction of sp³-hybridized carbons (Fsp3) is 0.316. The largest absolute Gasteiger partial charge is 0.435 e. The highest BCUT2D eigenvalue weighted by Gasteiger charge is 2.68. The zero-order valence-corrected chi connectivity index (χ0v) is 15.4. The first-order valence-corrected chi connectivity index (χ1v) is 8.77. The van der Waals surface area contributed by atoms with Crippen LogP contribution in [0.25, 0.3) is 0 Å². The van der Waals surface area contributed by atoms with E-state index in [1.165, 1.54) is 12.1 Å². The highest BCUT2D eigenvalue weighted by Crippen LogP contribution is 2.64. The van der Waals surface area contributed by atoms with Crippen molar-refractivity contribution in [3.8, 4) is 5.75 Å². The Morgan fingerprint density at radius 1 is 1.08 bits per heavy atom. The topological polar surface area (TPSA) is 38.3 Å². The maximum Gasteiger partial charge on any atom is 0.387 e. The molecule has 1 N–H and O–H groups in total. The van der Waals surface area contributed by atoms with E-state index >= 15 is 0 Å². The van der Waals surface area contributed by atoms with Crippen molar-refractivity contribution in [2.45, 2.75) is 30.3 Å². The number of rotatable bonds is 6. The summed E-state index contributed by atoms with van der Waals surface area (Å²) in [6.07, 6.45) is 0.373. The first kappa shape index (κ1) is 18.9. The van der Waals surface area contributed by atoms with Gasteiger partial charge < -0.3 is 10.1 Å². The summed E-state index contributed by atoms with van der Waals surface area (Å²) < 4.78 is 27.9. The van der Waals surface area contributed by atoms with Crippen molar-refractivity contribution < 1.29 is 18.3 Å². The second-order valence-corrected chi connectivity index (χ2v) is 7.96. The van der Waals surface area contributed by atoms with Crippen LogP contribution in [0.15, 0.2) is 54.6 Å². The molecule has 138 valence electrons. The van der Waals surface area contributed by atoms with Gasteiger partial charge >= 0.3 is 6.61 Å². The molecule has 2 atom stereocenters. The number of amides is 1. The van der Waals surface area contributed by atoms with Gasteiger partial charge in [-0.15, -0.1) is 23.2 Å². The zero-order valence-electron chi connectivity index (χ0n) is 13.9. The van der Waals surface area contributed by atoms with Crippen LogP contribution in [0, 0.1) is 5.41 Å². The average Bonchev–Trinajstić information content (AvgIpc) is 3.13. The van der Waals surface area contributed by atoms with E-state index in [1.54, 1.807) is 19.1 Å². The molecule has 1 saturated carbocycles. The van der Waals surface area contributed by atoms with E-state index in [2.05, 4.69) is 10.1 Å². The summed E-state index contributed by atoms with van der Waals surface area (Å²) in [7, 11) is 0. The maximum atomic E-state index is 12.7. The lowest BCUT2D eigenvalue weighted by atomic mass is 9.97. The molecule has 0 heterocycles. The summed E-state index contributed by atoms with van der Waals surface area (Å²) in [5, 5.41) is 2.97. The maximum absolute atomic E-state index is 12.7. The number of hydrogen-bond donors (Lipinski definition) is 1. The zero-order chi connectivity index (χ0) is 18.9. The van der Waals surface area contributed by atoms with Gasteiger partial charge in [-0.05, 0) is 36.6 Å². The van der Waals surface area contributed by atoms with Crippen LogP contribution in [-0.2, 0) is 4.79 Å². The third-order valence-corrected chi connectivity index (χ3v) is 5.71. The summed E-state index contributed by atoms with van der Waals surface area (Å²) in [6.45, 7) is -1.18. The minimum absolute atomic E-state index is 0.0524. The van der Waals surface area contributed by atoms with Crippen molar-refractivity contribution in [2.24, 2.45) is 5.41 Å². The molecule has 2 aromatic carbocycles. The molecule has 3 rings (SSSR count). The number of halogens is 4. The van der Waals surface area contributed by atoms with Gasteiger partial charge in [0.05, 0.1) is 11.5 Å². The van der Waals surface area contributed by atoms with Crippen LogP contribution >= 0.6 is 23.2 Å². The van der Waals surface area contributed by atoms with Crippen LogP contribution in [0.5, 0.6) is 5.75 Å². The van der Waals surface area contributed by atoms with E-state index in [-0.39, 0.29) is 11.7 Å². The summed E-state index contributed by atoms with van der Waals surface area (Å²) in [5.41, 5.74) is 0.717. The van der Waals surface area contributed by atoms with E-state index in [1.807, 2.05) is 30.3 Å². The number of hydrogen-bond acceptors (Lipinski definition) is 2. The van der Waals surface area contributed by atoms with Gasteiger partial charge in [0.1, 0.15) is 10.1 Å². The molecular weight excluding hydrogens is 383 g/mol. The quantitative estimate of drug-likeness (QED) is 0.687. The third kappa shape index (κ3) is 3.79. The molecule has 1 aliphatic rings. The van der Waals surface area contributed by atoms with Gasteiger partial charge in [-0.25, -0.2) is 0 Å². The number of alkyl halides is 4. The Bertz CT molecular complexity index is 784. The van der Waals surface area contributed by atoms with Gasteiger partial charge in [-0.3, -0.25) is 4.79 Å². The lowest BCUT2D eigenvalue weighted by Crippen LogP contribution is -2.36. The molecule has 0 radical (unpaired) electrons. The van der Waals surface area contributed by atoms with Gasteiger partial charge in [-0.1, -0.05) is 42.5 Å². The van der Waals surface area contributed by atoms with Gasteiger partial charge in [0.2, 0.25) is 5.91 Å². The van der Waals surface area contributed by atoms with Gasteiger partial charge in [-0.2, -0.15) is 8.78 Å². The van der Waals surface area contributed by atoms with Crippen molar-refractivity contribution in [1.82, 2.24) is 5.32 Å².